The Bertz CT molecular complexity index is 677. The summed E-state index contributed by atoms with van der Waals surface area (Å²) < 4.78 is 1.98. The lowest BCUT2D eigenvalue weighted by Crippen LogP contribution is -2.62. The summed E-state index contributed by atoms with van der Waals surface area (Å²) in [5, 5.41) is 11.1. The highest BCUT2D eigenvalue weighted by Crippen LogP contribution is 2.35. The van der Waals surface area contributed by atoms with Gasteiger partial charge in [0.05, 0.1) is 9.09 Å². The summed E-state index contributed by atoms with van der Waals surface area (Å²) in [6.07, 6.45) is 2.41. The molecule has 2 aromatic rings. The fraction of sp³-hybridized carbons (Fsp3) is 0.533. The van der Waals surface area contributed by atoms with E-state index in [1.165, 1.54) is 48.6 Å². The lowest BCUT2D eigenvalue weighted by Gasteiger charge is -2.49. The third-order valence-corrected chi connectivity index (χ3v) is 7.80. The number of carbonyl (C=O) groups excluding carboxylic acids is 1. The molecule has 122 valence electrons. The number of nitrogens with zero attached hydrogens (tertiary/aromatic N) is 3. The zero-order valence-electron chi connectivity index (χ0n) is 12.8. The number of carbonyl (C=O) groups is 1. The minimum Gasteiger partial charge on any atom is -0.347 e. The Morgan fingerprint density at radius 1 is 1.39 bits per heavy atom. The molecule has 5 rings (SSSR count). The number of hydrogen-bond donors (Lipinski definition) is 1. The van der Waals surface area contributed by atoms with Gasteiger partial charge in [0.1, 0.15) is 5.51 Å². The van der Waals surface area contributed by atoms with E-state index < -0.39 is 0 Å². The van der Waals surface area contributed by atoms with E-state index >= 15 is 0 Å². The van der Waals surface area contributed by atoms with Crippen LogP contribution in [0.2, 0.25) is 0 Å². The van der Waals surface area contributed by atoms with Crippen LogP contribution < -0.4 is 5.32 Å². The van der Waals surface area contributed by atoms with Crippen molar-refractivity contribution in [2.75, 3.05) is 13.1 Å². The van der Waals surface area contributed by atoms with Gasteiger partial charge in [-0.05, 0) is 62.7 Å². The van der Waals surface area contributed by atoms with E-state index in [0.717, 1.165) is 13.4 Å². The van der Waals surface area contributed by atoms with Crippen LogP contribution in [0.15, 0.2) is 26.2 Å². The first-order valence-electron chi connectivity index (χ1n) is 7.79. The highest BCUT2D eigenvalue weighted by atomic mass is 32.2. The molecule has 8 heteroatoms. The molecule has 2 atom stereocenters. The predicted octanol–water partition coefficient (Wildman–Crippen LogP) is 2.96. The fourth-order valence-corrected chi connectivity index (χ4v) is 6.30. The van der Waals surface area contributed by atoms with E-state index in [1.54, 1.807) is 17.3 Å². The largest absolute Gasteiger partial charge is 0.347 e. The third-order valence-electron chi connectivity index (χ3n) is 4.81. The van der Waals surface area contributed by atoms with E-state index in [0.29, 0.717) is 12.0 Å². The van der Waals surface area contributed by atoms with Crippen LogP contribution in [0.25, 0.3) is 0 Å². The van der Waals surface area contributed by atoms with Crippen molar-refractivity contribution in [2.24, 2.45) is 5.92 Å². The first kappa shape index (κ1) is 15.6. The number of rotatable bonds is 4. The second-order valence-corrected chi connectivity index (χ2v) is 9.50. The Morgan fingerprint density at radius 3 is 2.91 bits per heavy atom. The minimum absolute atomic E-state index is 0.0599. The van der Waals surface area contributed by atoms with E-state index in [9.17, 15) is 4.79 Å². The molecule has 3 saturated heterocycles. The first-order valence-corrected chi connectivity index (χ1v) is 10.3. The number of aromatic nitrogens is 2. The predicted molar refractivity (Wildman–Crippen MR) is 93.4 cm³/mol. The minimum atomic E-state index is 0.0599. The lowest BCUT2D eigenvalue weighted by atomic mass is 9.79. The molecule has 0 aliphatic carbocycles. The number of hydrogen-bond acceptors (Lipinski definition) is 7. The van der Waals surface area contributed by atoms with Gasteiger partial charge in [0, 0.05) is 12.1 Å². The fourth-order valence-electron chi connectivity index (χ4n) is 3.56. The van der Waals surface area contributed by atoms with E-state index in [2.05, 4.69) is 27.3 Å². The van der Waals surface area contributed by atoms with Crippen LogP contribution in [-0.2, 0) is 0 Å². The molecule has 3 aliphatic rings. The summed E-state index contributed by atoms with van der Waals surface area (Å²) in [6.45, 7) is 4.60. The van der Waals surface area contributed by atoms with Gasteiger partial charge >= 0.3 is 0 Å². The van der Waals surface area contributed by atoms with Gasteiger partial charge in [-0.15, -0.1) is 21.5 Å². The average Bonchev–Trinajstić information content (AvgIpc) is 3.23. The SMILES string of the molecule is C[C@H]1[C@H](NC(=O)c2ccc(Sc3nncs3)s2)C2CCN1CC2. The first-order chi connectivity index (χ1) is 11.2. The van der Waals surface area contributed by atoms with Crippen LogP contribution >= 0.6 is 34.4 Å². The van der Waals surface area contributed by atoms with Gasteiger partial charge in [-0.25, -0.2) is 0 Å². The second-order valence-electron chi connectivity index (χ2n) is 6.04. The topological polar surface area (TPSA) is 58.1 Å². The van der Waals surface area contributed by atoms with Crippen molar-refractivity contribution in [3.8, 4) is 0 Å². The van der Waals surface area contributed by atoms with Gasteiger partial charge in [-0.2, -0.15) is 0 Å². The van der Waals surface area contributed by atoms with Gasteiger partial charge in [0.25, 0.3) is 5.91 Å². The van der Waals surface area contributed by atoms with Crippen LogP contribution in [0.1, 0.15) is 29.4 Å². The van der Waals surface area contributed by atoms with Crippen molar-refractivity contribution in [3.63, 3.8) is 0 Å². The second kappa shape index (κ2) is 6.51. The van der Waals surface area contributed by atoms with Crippen molar-refractivity contribution in [2.45, 2.75) is 40.4 Å². The Balaban J connectivity index is 1.42. The number of piperidine rings is 3. The molecule has 0 spiro atoms. The highest BCUT2D eigenvalue weighted by Gasteiger charge is 2.40. The lowest BCUT2D eigenvalue weighted by molar-refractivity contribution is 0.0218. The molecule has 5 heterocycles. The van der Waals surface area contributed by atoms with Gasteiger partial charge < -0.3 is 5.32 Å². The average molecular weight is 367 g/mol. The maximum Gasteiger partial charge on any atom is 0.261 e. The maximum absolute atomic E-state index is 12.6. The number of amides is 1. The molecule has 0 radical (unpaired) electrons. The van der Waals surface area contributed by atoms with Gasteiger partial charge in [-0.1, -0.05) is 11.3 Å². The summed E-state index contributed by atoms with van der Waals surface area (Å²) in [4.78, 5) is 15.9. The van der Waals surface area contributed by atoms with E-state index in [4.69, 9.17) is 0 Å². The van der Waals surface area contributed by atoms with Crippen molar-refractivity contribution >= 4 is 40.3 Å². The Labute approximate surface area is 147 Å². The van der Waals surface area contributed by atoms with E-state index in [1.807, 2.05) is 12.1 Å². The van der Waals surface area contributed by atoms with Crippen molar-refractivity contribution in [3.05, 3.63) is 22.5 Å². The van der Waals surface area contributed by atoms with Crippen molar-refractivity contribution < 1.29 is 4.79 Å². The molecule has 2 aromatic heterocycles. The number of fused-ring (bicyclic) bond motifs is 3. The Hall–Kier alpha value is -0.960. The van der Waals surface area contributed by atoms with Gasteiger partial charge in [0.15, 0.2) is 4.34 Å². The van der Waals surface area contributed by atoms with Crippen LogP contribution in [-0.4, -0.2) is 46.2 Å². The standard InChI is InChI=1S/C15H18N4OS3/c1-9-13(10-4-6-19(9)7-5-10)17-14(20)11-2-3-12(22-11)23-15-18-16-8-21-15/h2-3,8-10,13H,4-7H2,1H3,(H,17,20)/t9-,13-/m0/s1. The third kappa shape index (κ3) is 3.17. The molecule has 3 fully saturated rings. The maximum atomic E-state index is 12.6. The van der Waals surface area contributed by atoms with Crippen LogP contribution in [0.4, 0.5) is 0 Å². The Morgan fingerprint density at radius 2 is 2.22 bits per heavy atom. The zero-order chi connectivity index (χ0) is 15.8. The summed E-state index contributed by atoms with van der Waals surface area (Å²) in [6, 6.07) is 4.63. The van der Waals surface area contributed by atoms with Gasteiger partial charge in [0.2, 0.25) is 0 Å². The van der Waals surface area contributed by atoms with Crippen LogP contribution in [0.3, 0.4) is 0 Å². The summed E-state index contributed by atoms with van der Waals surface area (Å²) in [5.74, 6) is 0.693. The molecule has 5 nitrogen and oxygen atoms in total. The molecule has 23 heavy (non-hydrogen) atoms. The number of nitrogens with one attached hydrogen (secondary N) is 1. The molecule has 0 aromatic carbocycles. The molecular formula is C15H18N4OS3. The molecular weight excluding hydrogens is 348 g/mol. The molecule has 1 N–H and O–H groups in total. The van der Waals surface area contributed by atoms with Gasteiger partial charge in [-0.3, -0.25) is 9.69 Å². The van der Waals surface area contributed by atoms with Crippen LogP contribution in [0.5, 0.6) is 0 Å². The molecule has 0 saturated carbocycles. The zero-order valence-corrected chi connectivity index (χ0v) is 15.2. The highest BCUT2D eigenvalue weighted by molar-refractivity contribution is 8.02. The monoisotopic (exact) mass is 366 g/mol. The summed E-state index contributed by atoms with van der Waals surface area (Å²) in [7, 11) is 0. The summed E-state index contributed by atoms with van der Waals surface area (Å²) in [5.41, 5.74) is 1.72. The quantitative estimate of drug-likeness (QED) is 0.901. The molecule has 0 unspecified atom stereocenters. The molecule has 3 aliphatic heterocycles. The molecule has 1 amide bonds. The summed E-state index contributed by atoms with van der Waals surface area (Å²) >= 11 is 4.61. The Kier molecular flexibility index (Phi) is 4.40. The van der Waals surface area contributed by atoms with Crippen molar-refractivity contribution in [1.82, 2.24) is 20.4 Å². The number of thiophene rings is 1. The van der Waals surface area contributed by atoms with Crippen molar-refractivity contribution in [1.29, 1.82) is 0 Å². The molecule has 2 bridgehead atoms. The van der Waals surface area contributed by atoms with E-state index in [-0.39, 0.29) is 11.9 Å². The van der Waals surface area contributed by atoms with Crippen LogP contribution in [0, 0.1) is 5.92 Å². The smallest absolute Gasteiger partial charge is 0.261 e. The normalized spacial score (nSPS) is 29.6.